The summed E-state index contributed by atoms with van der Waals surface area (Å²) in [7, 11) is 4.27. The van der Waals surface area contributed by atoms with E-state index in [2.05, 4.69) is 0 Å². The first-order valence-corrected chi connectivity index (χ1v) is 12.7. The third kappa shape index (κ3) is 5.22. The summed E-state index contributed by atoms with van der Waals surface area (Å²) in [6.45, 7) is 3.82. The Kier molecular flexibility index (Phi) is 8.28. The van der Waals surface area contributed by atoms with E-state index in [1.54, 1.807) is 48.5 Å². The number of amides is 1. The van der Waals surface area contributed by atoms with Gasteiger partial charge >= 0.3 is 0 Å². The molecule has 1 amide bonds. The SMILES string of the molecule is COc1ccc(N2C(=O)C(=O)/C(=C(/O)c3cc(Cl)c(OC)c(Cl)c3OC)C2c2ccc(OC(C)C)cc2)cc1. The minimum atomic E-state index is -0.990. The Morgan fingerprint density at radius 2 is 1.46 bits per heavy atom. The average molecular weight is 572 g/mol. The van der Waals surface area contributed by atoms with Crippen LogP contribution in [0.2, 0.25) is 10.0 Å². The molecule has 1 aliphatic heterocycles. The van der Waals surface area contributed by atoms with Crippen LogP contribution >= 0.6 is 23.2 Å². The predicted molar refractivity (Wildman–Crippen MR) is 150 cm³/mol. The van der Waals surface area contributed by atoms with Crippen LogP contribution in [0.1, 0.15) is 31.0 Å². The molecule has 0 bridgehead atoms. The Morgan fingerprint density at radius 1 is 0.872 bits per heavy atom. The minimum absolute atomic E-state index is 0.00479. The van der Waals surface area contributed by atoms with Gasteiger partial charge in [0.25, 0.3) is 11.7 Å². The van der Waals surface area contributed by atoms with Gasteiger partial charge in [0.15, 0.2) is 11.5 Å². The van der Waals surface area contributed by atoms with Crippen molar-refractivity contribution < 1.29 is 33.6 Å². The van der Waals surface area contributed by atoms with Gasteiger partial charge in [0.05, 0.1) is 49.6 Å². The molecular formula is C29H27Cl2NO7. The largest absolute Gasteiger partial charge is 0.507 e. The van der Waals surface area contributed by atoms with Gasteiger partial charge in [-0.2, -0.15) is 0 Å². The topological polar surface area (TPSA) is 94.5 Å². The second-order valence-corrected chi connectivity index (χ2v) is 9.67. The molecule has 0 aromatic heterocycles. The summed E-state index contributed by atoms with van der Waals surface area (Å²) in [5.74, 6) is -0.840. The summed E-state index contributed by atoms with van der Waals surface area (Å²) < 4.78 is 21.7. The van der Waals surface area contributed by atoms with Crippen LogP contribution < -0.4 is 23.8 Å². The summed E-state index contributed by atoms with van der Waals surface area (Å²) in [6, 6.07) is 14.0. The molecule has 0 spiro atoms. The fourth-order valence-corrected chi connectivity index (χ4v) is 5.14. The second kappa shape index (κ2) is 11.5. The van der Waals surface area contributed by atoms with Crippen LogP contribution in [0.4, 0.5) is 5.69 Å². The number of rotatable bonds is 8. The summed E-state index contributed by atoms with van der Waals surface area (Å²) >= 11 is 12.8. The van der Waals surface area contributed by atoms with Crippen molar-refractivity contribution >= 4 is 46.3 Å². The molecule has 1 fully saturated rings. The van der Waals surface area contributed by atoms with E-state index in [0.29, 0.717) is 22.7 Å². The van der Waals surface area contributed by atoms with E-state index in [1.807, 2.05) is 13.8 Å². The number of methoxy groups -OCH3 is 3. The van der Waals surface area contributed by atoms with Crippen LogP contribution in [0, 0.1) is 0 Å². The molecule has 8 nitrogen and oxygen atoms in total. The number of benzene rings is 3. The Labute approximate surface area is 236 Å². The predicted octanol–water partition coefficient (Wildman–Crippen LogP) is 6.43. The minimum Gasteiger partial charge on any atom is -0.507 e. The van der Waals surface area contributed by atoms with E-state index in [0.717, 1.165) is 0 Å². The molecule has 1 N–H and O–H groups in total. The summed E-state index contributed by atoms with van der Waals surface area (Å²) in [4.78, 5) is 28.3. The van der Waals surface area contributed by atoms with Crippen LogP contribution in [0.15, 0.2) is 60.2 Å². The Hall–Kier alpha value is -3.88. The highest BCUT2D eigenvalue weighted by molar-refractivity contribution is 6.52. The quantitative estimate of drug-likeness (QED) is 0.189. The highest BCUT2D eigenvalue weighted by Crippen LogP contribution is 2.48. The average Bonchev–Trinajstić information content (AvgIpc) is 3.18. The van der Waals surface area contributed by atoms with Crippen molar-refractivity contribution in [3.8, 4) is 23.0 Å². The Morgan fingerprint density at radius 3 is 2.00 bits per heavy atom. The molecule has 3 aromatic rings. The first-order valence-electron chi connectivity index (χ1n) is 11.9. The molecule has 1 heterocycles. The number of ether oxygens (including phenoxy) is 4. The molecule has 0 saturated carbocycles. The Bertz CT molecular complexity index is 1430. The number of ketones is 1. The lowest BCUT2D eigenvalue weighted by atomic mass is 9.94. The molecule has 39 heavy (non-hydrogen) atoms. The second-order valence-electron chi connectivity index (χ2n) is 8.89. The lowest BCUT2D eigenvalue weighted by Gasteiger charge is -2.26. The highest BCUT2D eigenvalue weighted by Gasteiger charge is 2.47. The van der Waals surface area contributed by atoms with Gasteiger partial charge in [-0.3, -0.25) is 14.5 Å². The van der Waals surface area contributed by atoms with Gasteiger partial charge in [0.1, 0.15) is 22.3 Å². The maximum atomic E-state index is 13.5. The summed E-state index contributed by atoms with van der Waals surface area (Å²) in [5, 5.41) is 11.7. The molecule has 1 aliphatic rings. The molecule has 1 atom stereocenters. The standard InChI is InChI=1S/C29H27Cl2NO7/c1-15(2)39-19-10-6-16(7-11-19)24-22(25(33)20-14-21(30)28(38-5)23(31)27(20)37-4)26(34)29(35)32(24)17-8-12-18(36-3)13-9-17/h6-15,24,33H,1-5H3/b25-22+. The van der Waals surface area contributed by atoms with Crippen molar-refractivity contribution in [2.45, 2.75) is 26.0 Å². The van der Waals surface area contributed by atoms with Crippen LogP contribution in [0.3, 0.4) is 0 Å². The summed E-state index contributed by atoms with van der Waals surface area (Å²) in [5.41, 5.74) is 0.865. The number of hydrogen-bond donors (Lipinski definition) is 1. The van der Waals surface area contributed by atoms with Gasteiger partial charge in [-0.25, -0.2) is 0 Å². The lowest BCUT2D eigenvalue weighted by molar-refractivity contribution is -0.132. The van der Waals surface area contributed by atoms with Crippen molar-refractivity contribution in [2.75, 3.05) is 26.2 Å². The fourth-order valence-electron chi connectivity index (χ4n) is 4.45. The number of carbonyl (C=O) groups excluding carboxylic acids is 2. The number of anilines is 1. The van der Waals surface area contributed by atoms with Crippen LogP contribution in [-0.2, 0) is 9.59 Å². The molecule has 1 unspecified atom stereocenters. The third-order valence-electron chi connectivity index (χ3n) is 6.16. The normalized spacial score (nSPS) is 16.5. The van der Waals surface area contributed by atoms with E-state index in [-0.39, 0.29) is 38.8 Å². The lowest BCUT2D eigenvalue weighted by Crippen LogP contribution is -2.29. The van der Waals surface area contributed by atoms with Crippen LogP contribution in [0.5, 0.6) is 23.0 Å². The van der Waals surface area contributed by atoms with Crippen molar-refractivity contribution in [1.29, 1.82) is 0 Å². The van der Waals surface area contributed by atoms with Gasteiger partial charge in [-0.15, -0.1) is 0 Å². The molecular weight excluding hydrogens is 545 g/mol. The first-order chi connectivity index (χ1) is 18.6. The fraction of sp³-hybridized carbons (Fsp3) is 0.241. The number of carbonyl (C=O) groups is 2. The van der Waals surface area contributed by atoms with Crippen LogP contribution in [-0.4, -0.2) is 44.2 Å². The van der Waals surface area contributed by atoms with Gasteiger partial charge in [0.2, 0.25) is 0 Å². The zero-order valence-electron chi connectivity index (χ0n) is 22.0. The monoisotopic (exact) mass is 571 g/mol. The smallest absolute Gasteiger partial charge is 0.300 e. The maximum absolute atomic E-state index is 13.5. The number of hydrogen-bond acceptors (Lipinski definition) is 7. The van der Waals surface area contributed by atoms with Crippen molar-refractivity contribution in [3.05, 3.63) is 81.3 Å². The maximum Gasteiger partial charge on any atom is 0.300 e. The van der Waals surface area contributed by atoms with Crippen molar-refractivity contribution in [2.24, 2.45) is 0 Å². The molecule has 4 rings (SSSR count). The van der Waals surface area contributed by atoms with Gasteiger partial charge in [-0.1, -0.05) is 35.3 Å². The van der Waals surface area contributed by atoms with Gasteiger partial charge in [-0.05, 0) is 61.9 Å². The van der Waals surface area contributed by atoms with Crippen molar-refractivity contribution in [3.63, 3.8) is 0 Å². The van der Waals surface area contributed by atoms with E-state index in [9.17, 15) is 14.7 Å². The zero-order chi connectivity index (χ0) is 28.4. The van der Waals surface area contributed by atoms with Crippen molar-refractivity contribution in [1.82, 2.24) is 0 Å². The zero-order valence-corrected chi connectivity index (χ0v) is 23.5. The Balaban J connectivity index is 1.96. The highest BCUT2D eigenvalue weighted by atomic mass is 35.5. The molecule has 10 heteroatoms. The molecule has 1 saturated heterocycles. The van der Waals surface area contributed by atoms with E-state index < -0.39 is 23.5 Å². The first kappa shape index (κ1) is 28.1. The van der Waals surface area contributed by atoms with Gasteiger partial charge < -0.3 is 24.1 Å². The van der Waals surface area contributed by atoms with E-state index in [1.165, 1.54) is 32.3 Å². The van der Waals surface area contributed by atoms with Gasteiger partial charge in [0, 0.05) is 5.69 Å². The number of aliphatic hydroxyl groups excluding tert-OH is 1. The third-order valence-corrected chi connectivity index (χ3v) is 6.78. The molecule has 204 valence electrons. The number of aliphatic hydroxyl groups is 1. The number of nitrogens with zero attached hydrogens (tertiary/aromatic N) is 1. The molecule has 0 aliphatic carbocycles. The number of halogens is 2. The number of Topliss-reactive ketones (excluding diaryl/α,β-unsaturated/α-hetero) is 1. The van der Waals surface area contributed by atoms with E-state index in [4.69, 9.17) is 42.1 Å². The van der Waals surface area contributed by atoms with E-state index >= 15 is 0 Å². The van der Waals surface area contributed by atoms with Crippen LogP contribution in [0.25, 0.3) is 5.76 Å². The summed E-state index contributed by atoms with van der Waals surface area (Å²) in [6.07, 6.45) is -0.0437. The molecule has 3 aromatic carbocycles. The molecule has 0 radical (unpaired) electrons.